The first kappa shape index (κ1) is 12.6. The average molecular weight is 341 g/mol. The number of benzene rings is 1. The molecule has 0 radical (unpaired) electrons. The number of halogens is 1. The van der Waals surface area contributed by atoms with Crippen LogP contribution in [0, 0.1) is 6.92 Å². The molecular formula is C11H9BrN4O2S. The average Bonchev–Trinajstić information content (AvgIpc) is 2.87. The molecule has 0 aliphatic carbocycles. The predicted molar refractivity (Wildman–Crippen MR) is 73.0 cm³/mol. The lowest BCUT2D eigenvalue weighted by atomic mass is 10.1. The number of nitrogens with one attached hydrogen (secondary N) is 2. The number of aliphatic hydroxyl groups excluding tert-OH is 1. The van der Waals surface area contributed by atoms with Crippen molar-refractivity contribution in [3.05, 3.63) is 28.0 Å². The number of anilines is 1. The summed E-state index contributed by atoms with van der Waals surface area (Å²) < 4.78 is 0.786. The first-order chi connectivity index (χ1) is 9.04. The van der Waals surface area contributed by atoms with Crippen molar-refractivity contribution in [3.63, 3.8) is 0 Å². The van der Waals surface area contributed by atoms with Crippen molar-refractivity contribution in [2.75, 3.05) is 5.32 Å². The predicted octanol–water partition coefficient (Wildman–Crippen LogP) is 2.01. The van der Waals surface area contributed by atoms with Crippen LogP contribution in [0.2, 0.25) is 0 Å². The van der Waals surface area contributed by atoms with Gasteiger partial charge in [0, 0.05) is 20.6 Å². The molecule has 1 aliphatic heterocycles. The molecule has 1 aromatic carbocycles. The summed E-state index contributed by atoms with van der Waals surface area (Å²) in [5.74, 6) is 0.335. The lowest BCUT2D eigenvalue weighted by molar-refractivity contribution is -0.123. The Balaban J connectivity index is 1.96. The van der Waals surface area contributed by atoms with Crippen LogP contribution in [0.15, 0.2) is 26.7 Å². The number of aromatic nitrogens is 3. The number of hydrogen-bond donors (Lipinski definition) is 3. The van der Waals surface area contributed by atoms with Crippen molar-refractivity contribution in [3.8, 4) is 0 Å². The van der Waals surface area contributed by atoms with Crippen LogP contribution in [0.3, 0.4) is 0 Å². The van der Waals surface area contributed by atoms with E-state index in [1.807, 2.05) is 6.92 Å². The molecule has 1 aliphatic rings. The molecule has 2 aromatic rings. The number of carbonyl (C=O) groups excluding carboxylic acids is 1. The highest BCUT2D eigenvalue weighted by Gasteiger charge is 2.29. The highest BCUT2D eigenvalue weighted by atomic mass is 79.9. The maximum absolute atomic E-state index is 11.4. The van der Waals surface area contributed by atoms with E-state index in [9.17, 15) is 9.90 Å². The van der Waals surface area contributed by atoms with Crippen molar-refractivity contribution in [1.82, 2.24) is 15.2 Å². The minimum Gasteiger partial charge on any atom is -0.378 e. The Morgan fingerprint density at radius 1 is 1.47 bits per heavy atom. The Morgan fingerprint density at radius 2 is 2.26 bits per heavy atom. The van der Waals surface area contributed by atoms with E-state index in [0.717, 1.165) is 15.2 Å². The third-order valence-electron chi connectivity index (χ3n) is 2.68. The Morgan fingerprint density at radius 3 is 2.95 bits per heavy atom. The molecule has 1 unspecified atom stereocenters. The number of amides is 1. The quantitative estimate of drug-likeness (QED) is 0.777. The molecule has 0 bridgehead atoms. The number of aliphatic hydroxyl groups is 1. The van der Waals surface area contributed by atoms with Gasteiger partial charge in [-0.15, -0.1) is 5.10 Å². The molecule has 0 spiro atoms. The Kier molecular flexibility index (Phi) is 3.08. The van der Waals surface area contributed by atoms with Gasteiger partial charge < -0.3 is 10.4 Å². The van der Waals surface area contributed by atoms with Crippen LogP contribution in [0.4, 0.5) is 5.69 Å². The summed E-state index contributed by atoms with van der Waals surface area (Å²) in [6, 6.07) is 3.53. The molecule has 0 fully saturated rings. The lowest BCUT2D eigenvalue weighted by Gasteiger charge is -2.06. The lowest BCUT2D eigenvalue weighted by Crippen LogP contribution is -2.10. The normalized spacial score (nSPS) is 17.4. The Bertz CT molecular complexity index is 673. The smallest absolute Gasteiger partial charge is 0.257 e. The summed E-state index contributed by atoms with van der Waals surface area (Å²) in [6.07, 6.45) is -1.10. The molecule has 1 atom stereocenters. The zero-order chi connectivity index (χ0) is 13.6. The summed E-state index contributed by atoms with van der Waals surface area (Å²) in [4.78, 5) is 16.5. The van der Waals surface area contributed by atoms with Gasteiger partial charge in [0.2, 0.25) is 5.16 Å². The number of aryl methyl sites for hydroxylation is 1. The molecule has 1 amide bonds. The first-order valence-electron chi connectivity index (χ1n) is 5.44. The fourth-order valence-electron chi connectivity index (χ4n) is 1.79. The topological polar surface area (TPSA) is 90.9 Å². The molecule has 6 nitrogen and oxygen atoms in total. The molecule has 1 aromatic heterocycles. The van der Waals surface area contributed by atoms with Gasteiger partial charge in [0.15, 0.2) is 6.10 Å². The van der Waals surface area contributed by atoms with Crippen molar-refractivity contribution in [2.24, 2.45) is 0 Å². The molecule has 19 heavy (non-hydrogen) atoms. The zero-order valence-electron chi connectivity index (χ0n) is 9.77. The van der Waals surface area contributed by atoms with E-state index < -0.39 is 12.0 Å². The summed E-state index contributed by atoms with van der Waals surface area (Å²) in [5, 5.41) is 19.7. The molecule has 2 heterocycles. The SMILES string of the molecule is Cc1nc(Sc2cc3c(cc2Br)C(O)C(=O)N3)n[nH]1. The third kappa shape index (κ3) is 2.26. The maximum atomic E-state index is 11.4. The van der Waals surface area contributed by atoms with Crippen LogP contribution >= 0.6 is 27.7 Å². The van der Waals surface area contributed by atoms with E-state index >= 15 is 0 Å². The highest BCUT2D eigenvalue weighted by Crippen LogP contribution is 2.40. The van der Waals surface area contributed by atoms with E-state index in [4.69, 9.17) is 0 Å². The molecular weight excluding hydrogens is 332 g/mol. The second-order valence-electron chi connectivity index (χ2n) is 4.07. The molecule has 0 saturated carbocycles. The summed E-state index contributed by atoms with van der Waals surface area (Å²) in [7, 11) is 0. The number of fused-ring (bicyclic) bond motifs is 1. The number of aromatic amines is 1. The van der Waals surface area contributed by atoms with Gasteiger partial charge in [-0.1, -0.05) is 0 Å². The first-order valence-corrected chi connectivity index (χ1v) is 7.05. The molecule has 0 saturated heterocycles. The van der Waals surface area contributed by atoms with Crippen molar-refractivity contribution in [2.45, 2.75) is 23.1 Å². The summed E-state index contributed by atoms with van der Waals surface area (Å²) in [5.41, 5.74) is 1.20. The van der Waals surface area contributed by atoms with Crippen molar-refractivity contribution >= 4 is 39.3 Å². The van der Waals surface area contributed by atoms with Gasteiger partial charge in [0.05, 0.1) is 0 Å². The fourth-order valence-corrected chi connectivity index (χ4v) is 3.20. The van der Waals surface area contributed by atoms with Gasteiger partial charge >= 0.3 is 0 Å². The van der Waals surface area contributed by atoms with Crippen molar-refractivity contribution in [1.29, 1.82) is 0 Å². The van der Waals surface area contributed by atoms with Crippen LogP contribution in [-0.2, 0) is 4.79 Å². The van der Waals surface area contributed by atoms with Crippen molar-refractivity contribution < 1.29 is 9.90 Å². The largest absolute Gasteiger partial charge is 0.378 e. The highest BCUT2D eigenvalue weighted by molar-refractivity contribution is 9.10. The standard InChI is InChI=1S/C11H9BrN4O2S/c1-4-13-11(16-15-4)19-8-3-7-5(2-6(8)12)9(17)10(18)14-7/h2-3,9,17H,1H3,(H,14,18)(H,13,15,16). The molecule has 8 heteroatoms. The minimum absolute atomic E-state index is 0.405. The second kappa shape index (κ2) is 4.62. The van der Waals surface area contributed by atoms with Crippen LogP contribution in [0.5, 0.6) is 0 Å². The Hall–Kier alpha value is -1.38. The van der Waals surface area contributed by atoms with E-state index in [2.05, 4.69) is 36.4 Å². The van der Waals surface area contributed by atoms with Gasteiger partial charge in [-0.2, -0.15) is 0 Å². The maximum Gasteiger partial charge on any atom is 0.257 e. The number of H-pyrrole nitrogens is 1. The van der Waals surface area contributed by atoms with Gasteiger partial charge in [-0.05, 0) is 46.7 Å². The third-order valence-corrected chi connectivity index (χ3v) is 4.52. The Labute approximate surface area is 121 Å². The fraction of sp³-hybridized carbons (Fsp3) is 0.182. The van der Waals surface area contributed by atoms with E-state index in [-0.39, 0.29) is 0 Å². The van der Waals surface area contributed by atoms with E-state index in [1.54, 1.807) is 12.1 Å². The molecule has 3 N–H and O–H groups in total. The van der Waals surface area contributed by atoms with Gasteiger partial charge in [0.25, 0.3) is 5.91 Å². The van der Waals surface area contributed by atoms with Crippen LogP contribution in [-0.4, -0.2) is 26.2 Å². The van der Waals surface area contributed by atoms with E-state index in [0.29, 0.717) is 16.4 Å². The number of nitrogens with zero attached hydrogens (tertiary/aromatic N) is 2. The van der Waals surface area contributed by atoms with Crippen LogP contribution < -0.4 is 5.32 Å². The van der Waals surface area contributed by atoms with Gasteiger partial charge in [-0.3, -0.25) is 9.89 Å². The zero-order valence-corrected chi connectivity index (χ0v) is 12.2. The number of carbonyl (C=O) groups is 1. The molecule has 3 rings (SSSR count). The number of rotatable bonds is 2. The second-order valence-corrected chi connectivity index (χ2v) is 5.93. The van der Waals surface area contributed by atoms with Crippen LogP contribution in [0.25, 0.3) is 0 Å². The minimum atomic E-state index is -1.10. The monoisotopic (exact) mass is 340 g/mol. The van der Waals surface area contributed by atoms with E-state index in [1.165, 1.54) is 11.8 Å². The van der Waals surface area contributed by atoms with Gasteiger partial charge in [0.1, 0.15) is 5.82 Å². The molecule has 98 valence electrons. The van der Waals surface area contributed by atoms with Gasteiger partial charge in [-0.25, -0.2) is 4.98 Å². The van der Waals surface area contributed by atoms with Crippen LogP contribution in [0.1, 0.15) is 17.5 Å². The summed E-state index contributed by atoms with van der Waals surface area (Å²) in [6.45, 7) is 1.82. The summed E-state index contributed by atoms with van der Waals surface area (Å²) >= 11 is 4.80. The number of hydrogen-bond acceptors (Lipinski definition) is 5.